The molecule has 0 aliphatic carbocycles. The van der Waals surface area contributed by atoms with E-state index in [9.17, 15) is 9.18 Å². The molecule has 0 fully saturated rings. The van der Waals surface area contributed by atoms with Gasteiger partial charge in [-0.2, -0.15) is 0 Å². The van der Waals surface area contributed by atoms with Gasteiger partial charge in [-0.15, -0.1) is 0 Å². The number of hydrogen-bond acceptors (Lipinski definition) is 4. The largest absolute Gasteiger partial charge is 0.497 e. The molecule has 2 aromatic carbocycles. The third-order valence-corrected chi connectivity index (χ3v) is 4.64. The van der Waals surface area contributed by atoms with Gasteiger partial charge < -0.3 is 15.2 Å². The van der Waals surface area contributed by atoms with Gasteiger partial charge in [-0.3, -0.25) is 4.90 Å². The molecule has 5 nitrogen and oxygen atoms in total. The number of hydrogen-bond donors (Lipinski definition) is 1. The van der Waals surface area contributed by atoms with Crippen LogP contribution in [-0.2, 0) is 4.74 Å². The first-order chi connectivity index (χ1) is 13.0. The van der Waals surface area contributed by atoms with E-state index in [1.807, 2.05) is 30.3 Å². The molecule has 6 heteroatoms. The lowest BCUT2D eigenvalue weighted by atomic mass is 9.91. The Morgan fingerprint density at radius 1 is 1.26 bits per heavy atom. The number of halogens is 1. The third-order valence-electron chi connectivity index (χ3n) is 4.64. The predicted molar refractivity (Wildman–Crippen MR) is 103 cm³/mol. The highest BCUT2D eigenvalue weighted by Gasteiger charge is 2.29. The van der Waals surface area contributed by atoms with E-state index >= 15 is 0 Å². The first-order valence-corrected chi connectivity index (χ1v) is 8.87. The van der Waals surface area contributed by atoms with E-state index in [1.165, 1.54) is 12.1 Å². The van der Waals surface area contributed by atoms with Crippen LogP contribution in [0.5, 0.6) is 5.75 Å². The van der Waals surface area contributed by atoms with Gasteiger partial charge >= 0.3 is 6.09 Å². The molecule has 0 aromatic heterocycles. The molecule has 142 valence electrons. The van der Waals surface area contributed by atoms with E-state index in [0.717, 1.165) is 16.9 Å². The molecule has 0 bridgehead atoms. The number of nitrogens with zero attached hydrogens (tertiary/aromatic N) is 1. The van der Waals surface area contributed by atoms with Crippen molar-refractivity contribution in [1.29, 1.82) is 0 Å². The fourth-order valence-corrected chi connectivity index (χ4v) is 3.26. The molecule has 0 saturated heterocycles. The van der Waals surface area contributed by atoms with Crippen molar-refractivity contribution in [1.82, 2.24) is 4.90 Å². The lowest BCUT2D eigenvalue weighted by molar-refractivity contribution is 0.0968. The fourth-order valence-electron chi connectivity index (χ4n) is 3.26. The Morgan fingerprint density at radius 3 is 2.67 bits per heavy atom. The minimum Gasteiger partial charge on any atom is -0.497 e. The highest BCUT2D eigenvalue weighted by molar-refractivity contribution is 5.78. The van der Waals surface area contributed by atoms with Gasteiger partial charge in [0.1, 0.15) is 11.6 Å². The fraction of sp³-hybridized carbons (Fsp3) is 0.286. The first-order valence-electron chi connectivity index (χ1n) is 8.87. The Morgan fingerprint density at radius 2 is 2.00 bits per heavy atom. The third kappa shape index (κ3) is 4.05. The second-order valence-corrected chi connectivity index (χ2v) is 6.28. The molecule has 2 N–H and O–H groups in total. The van der Waals surface area contributed by atoms with E-state index in [1.54, 1.807) is 25.0 Å². The van der Waals surface area contributed by atoms with Crippen LogP contribution in [0.3, 0.4) is 0 Å². The zero-order valence-electron chi connectivity index (χ0n) is 15.4. The Labute approximate surface area is 158 Å². The van der Waals surface area contributed by atoms with Crippen LogP contribution in [0.15, 0.2) is 48.5 Å². The van der Waals surface area contributed by atoms with E-state index < -0.39 is 0 Å². The Hall–Kier alpha value is -3.02. The molecule has 0 saturated carbocycles. The van der Waals surface area contributed by atoms with Crippen molar-refractivity contribution >= 4 is 17.4 Å². The summed E-state index contributed by atoms with van der Waals surface area (Å²) < 4.78 is 24.1. The number of amides is 1. The smallest absolute Gasteiger partial charge is 0.410 e. The van der Waals surface area contributed by atoms with Gasteiger partial charge in [0, 0.05) is 17.8 Å². The molecular weight excluding hydrogens is 347 g/mol. The Kier molecular flexibility index (Phi) is 5.64. The summed E-state index contributed by atoms with van der Waals surface area (Å²) >= 11 is 0. The van der Waals surface area contributed by atoms with Crippen LogP contribution in [0, 0.1) is 5.82 Å². The Bertz CT molecular complexity index is 849. The van der Waals surface area contributed by atoms with E-state index in [0.29, 0.717) is 30.8 Å². The summed E-state index contributed by atoms with van der Waals surface area (Å²) in [4.78, 5) is 14.1. The Balaban J connectivity index is 2.02. The number of carbonyl (C=O) groups is 1. The van der Waals surface area contributed by atoms with Gasteiger partial charge in [0.25, 0.3) is 0 Å². The van der Waals surface area contributed by atoms with Gasteiger partial charge in [-0.1, -0.05) is 18.2 Å². The van der Waals surface area contributed by atoms with Crippen molar-refractivity contribution in [2.24, 2.45) is 0 Å². The monoisotopic (exact) mass is 370 g/mol. The van der Waals surface area contributed by atoms with Gasteiger partial charge in [-0.05, 0) is 54.8 Å². The maximum atomic E-state index is 13.7. The van der Waals surface area contributed by atoms with Crippen LogP contribution in [0.1, 0.15) is 30.5 Å². The molecule has 0 radical (unpaired) electrons. The topological polar surface area (TPSA) is 64.8 Å². The summed E-state index contributed by atoms with van der Waals surface area (Å²) in [6, 6.07) is 11.5. The van der Waals surface area contributed by atoms with Crippen LogP contribution in [0.2, 0.25) is 0 Å². The quantitative estimate of drug-likeness (QED) is 0.810. The summed E-state index contributed by atoms with van der Waals surface area (Å²) in [6.45, 7) is 2.54. The van der Waals surface area contributed by atoms with Crippen molar-refractivity contribution in [2.75, 3.05) is 26.0 Å². The molecule has 1 unspecified atom stereocenters. The number of carbonyl (C=O) groups excluding carboxylic acids is 1. The van der Waals surface area contributed by atoms with Crippen LogP contribution in [0.4, 0.5) is 14.9 Å². The summed E-state index contributed by atoms with van der Waals surface area (Å²) in [7, 11) is 1.60. The maximum absolute atomic E-state index is 13.7. The van der Waals surface area contributed by atoms with Crippen LogP contribution in [-0.4, -0.2) is 31.3 Å². The van der Waals surface area contributed by atoms with Crippen molar-refractivity contribution in [3.8, 4) is 5.75 Å². The van der Waals surface area contributed by atoms with E-state index in [2.05, 4.69) is 0 Å². The zero-order valence-corrected chi connectivity index (χ0v) is 15.4. The molecule has 1 aliphatic heterocycles. The van der Waals surface area contributed by atoms with Gasteiger partial charge in [-0.25, -0.2) is 9.18 Å². The van der Waals surface area contributed by atoms with Gasteiger partial charge in [0.2, 0.25) is 0 Å². The second-order valence-electron chi connectivity index (χ2n) is 6.28. The predicted octanol–water partition coefficient (Wildman–Crippen LogP) is 4.40. The minimum absolute atomic E-state index is 0.304. The average Bonchev–Trinajstić information content (AvgIpc) is 2.69. The number of nitrogen functional groups attached to an aromatic ring is 1. The van der Waals surface area contributed by atoms with Crippen molar-refractivity contribution < 1.29 is 18.7 Å². The number of benzene rings is 2. The second kappa shape index (κ2) is 8.12. The van der Waals surface area contributed by atoms with Crippen LogP contribution in [0.25, 0.3) is 5.57 Å². The number of anilines is 1. The summed E-state index contributed by atoms with van der Waals surface area (Å²) in [5.41, 5.74) is 9.06. The van der Waals surface area contributed by atoms with E-state index in [-0.39, 0.29) is 18.0 Å². The summed E-state index contributed by atoms with van der Waals surface area (Å²) in [5.74, 6) is 0.393. The molecule has 2 aromatic rings. The van der Waals surface area contributed by atoms with Crippen molar-refractivity contribution in [3.05, 3.63) is 65.5 Å². The molecule has 1 aliphatic rings. The minimum atomic E-state index is -0.374. The molecule has 0 spiro atoms. The van der Waals surface area contributed by atoms with Crippen LogP contribution >= 0.6 is 0 Å². The first kappa shape index (κ1) is 18.8. The lowest BCUT2D eigenvalue weighted by Crippen LogP contribution is -2.37. The van der Waals surface area contributed by atoms with E-state index in [4.69, 9.17) is 15.2 Å². The molecule has 3 rings (SSSR count). The lowest BCUT2D eigenvalue weighted by Gasteiger charge is -2.34. The number of nitrogens with two attached hydrogens (primary N) is 1. The average molecular weight is 370 g/mol. The zero-order chi connectivity index (χ0) is 19.4. The molecule has 1 amide bonds. The molecule has 1 atom stereocenters. The molecular formula is C21H23FN2O3. The molecule has 1 heterocycles. The highest BCUT2D eigenvalue weighted by Crippen LogP contribution is 2.36. The highest BCUT2D eigenvalue weighted by atomic mass is 19.1. The van der Waals surface area contributed by atoms with Crippen LogP contribution < -0.4 is 10.5 Å². The number of rotatable bonds is 4. The van der Waals surface area contributed by atoms with Crippen molar-refractivity contribution in [2.45, 2.75) is 19.4 Å². The summed E-state index contributed by atoms with van der Waals surface area (Å²) in [5, 5.41) is 0. The van der Waals surface area contributed by atoms with Gasteiger partial charge in [0.15, 0.2) is 0 Å². The standard InChI is InChI=1S/C21H23FN2O3/c1-3-27-21(25)24-11-10-15(18-13-16(22)6-9-19(18)23)12-20(24)14-4-7-17(26-2)8-5-14/h4-9,12-13,20H,3,10-11,23H2,1-2H3. The van der Waals surface area contributed by atoms with Gasteiger partial charge in [0.05, 0.1) is 19.8 Å². The van der Waals surface area contributed by atoms with Crippen molar-refractivity contribution in [3.63, 3.8) is 0 Å². The summed E-state index contributed by atoms with van der Waals surface area (Å²) in [6.07, 6.45) is 2.15. The molecule has 27 heavy (non-hydrogen) atoms. The normalized spacial score (nSPS) is 16.6. The number of ether oxygens (including phenoxy) is 2. The maximum Gasteiger partial charge on any atom is 0.410 e. The number of methoxy groups -OCH3 is 1. The SMILES string of the molecule is CCOC(=O)N1CCC(c2cc(F)ccc2N)=CC1c1ccc(OC)cc1.